The van der Waals surface area contributed by atoms with Crippen LogP contribution in [0.3, 0.4) is 0 Å². The van der Waals surface area contributed by atoms with Gasteiger partial charge in [-0.2, -0.15) is 0 Å². The molecule has 6 aromatic rings. The summed E-state index contributed by atoms with van der Waals surface area (Å²) >= 11 is 0. The Hall–Kier alpha value is -4.39. The molecular weight excluding hydrogens is 802 g/mol. The third kappa shape index (κ3) is 7.92. The van der Waals surface area contributed by atoms with Gasteiger partial charge in [-0.3, -0.25) is 9.78 Å². The van der Waals surface area contributed by atoms with E-state index in [1.165, 1.54) is 42.6 Å². The quantitative estimate of drug-likeness (QED) is 0.0635. The number of aliphatic hydroxyl groups excluding tert-OH is 1. The van der Waals surface area contributed by atoms with E-state index >= 15 is 8.78 Å². The Morgan fingerprint density at radius 3 is 2.04 bits per heavy atom. The van der Waals surface area contributed by atoms with Gasteiger partial charge >= 0.3 is 5.78 Å². The van der Waals surface area contributed by atoms with Crippen LogP contribution in [0.5, 0.6) is 0 Å². The maximum absolute atomic E-state index is 15.8. The summed E-state index contributed by atoms with van der Waals surface area (Å²) in [4.78, 5) is 18.3. The molecule has 6 rings (SSSR count). The standard InChI is InChI=1S/C30H18F3N2.C11H20O2.Ir/c1-16-11-17(2)13-19(12-16)30-22-6-5-21-24(20(22)7-9-35-30)15-26(32)28(29(21)33)18-3-4-23-25(31)8-10-34-27(23)14-18;1-10(2,3)8(12)7-9(13)11(4,5)6;/h3-12,14-15H,1-2H3;7,12H,1-6H3;/q-1;;/p+1/b;8-7-;. The van der Waals surface area contributed by atoms with Crippen molar-refractivity contribution in [1.82, 2.24) is 9.97 Å². The van der Waals surface area contributed by atoms with Crippen LogP contribution in [-0.2, 0) is 20.1 Å². The van der Waals surface area contributed by atoms with Crippen molar-refractivity contribution in [3.63, 3.8) is 0 Å². The van der Waals surface area contributed by atoms with Gasteiger partial charge in [0, 0.05) is 48.7 Å². The van der Waals surface area contributed by atoms with Crippen molar-refractivity contribution in [2.45, 2.75) is 55.4 Å². The van der Waals surface area contributed by atoms with Crippen molar-refractivity contribution in [1.29, 1.82) is 0 Å². The first-order valence-corrected chi connectivity index (χ1v) is 15.7. The molecule has 255 valence electrons. The molecular formula is C41H39F3IrN2O2. The maximum Gasteiger partial charge on any atom is 0.325 e. The number of fused-ring (bicyclic) bond motifs is 4. The molecule has 0 spiro atoms. The molecule has 8 heteroatoms. The number of aliphatic hydroxyl groups is 1. The first-order chi connectivity index (χ1) is 22.5. The van der Waals surface area contributed by atoms with Crippen molar-refractivity contribution in [2.75, 3.05) is 0 Å². The van der Waals surface area contributed by atoms with Gasteiger partial charge in [-0.25, -0.2) is 13.2 Å². The topological polar surface area (TPSA) is 67.4 Å². The molecule has 4 nitrogen and oxygen atoms in total. The van der Waals surface area contributed by atoms with Gasteiger partial charge in [-0.05, 0) is 78.5 Å². The summed E-state index contributed by atoms with van der Waals surface area (Å²) in [6.07, 6.45) is 4.43. The molecule has 0 fully saturated rings. The SMILES string of the molecule is CC(C)(C)C(=[OH+])/C=C(\O)C(C)(C)C.Cc1[c-]c(-c2nccc3c2ccc2c(F)c(-c4ccc5c(F)ccnc5c4)c(F)cc23)cc(C)c1.[Ir]. The monoisotopic (exact) mass is 841 g/mol. The normalized spacial score (nSPS) is 12.1. The van der Waals surface area contributed by atoms with Crippen LogP contribution >= 0.6 is 0 Å². The molecule has 1 radical (unpaired) electrons. The minimum absolute atomic E-state index is 0. The number of benzene rings is 4. The van der Waals surface area contributed by atoms with Gasteiger partial charge < -0.3 is 10.1 Å². The van der Waals surface area contributed by atoms with Crippen LogP contribution in [-0.4, -0.2) is 25.7 Å². The maximum atomic E-state index is 15.8. The zero-order valence-electron chi connectivity index (χ0n) is 28.8. The van der Waals surface area contributed by atoms with Gasteiger partial charge in [0.1, 0.15) is 23.2 Å². The van der Waals surface area contributed by atoms with E-state index in [1.807, 2.05) is 73.6 Å². The number of ketones is 1. The summed E-state index contributed by atoms with van der Waals surface area (Å²) in [5.74, 6) is -1.39. The zero-order chi connectivity index (χ0) is 35.1. The molecule has 0 saturated heterocycles. The number of aryl methyl sites for hydroxylation is 2. The Morgan fingerprint density at radius 2 is 1.39 bits per heavy atom. The molecule has 49 heavy (non-hydrogen) atoms. The molecule has 0 amide bonds. The van der Waals surface area contributed by atoms with E-state index < -0.39 is 17.5 Å². The van der Waals surface area contributed by atoms with Gasteiger partial charge in [0.15, 0.2) is 0 Å². The summed E-state index contributed by atoms with van der Waals surface area (Å²) in [5, 5.41) is 12.1. The minimum Gasteiger partial charge on any atom is -0.511 e. The Balaban J connectivity index is 0.000000332. The summed E-state index contributed by atoms with van der Waals surface area (Å²) in [6, 6.07) is 19.7. The number of carbonyl (C=O) groups excluding carboxylic acids is 1. The van der Waals surface area contributed by atoms with E-state index in [9.17, 15) is 14.3 Å². The second kappa shape index (κ2) is 14.2. The molecule has 0 unspecified atom stereocenters. The predicted octanol–water partition coefficient (Wildman–Crippen LogP) is 11.2. The number of allylic oxidation sites excluding steroid dienone is 2. The number of pyridine rings is 2. The van der Waals surface area contributed by atoms with Gasteiger partial charge in [0.05, 0.1) is 22.6 Å². The third-order valence-corrected chi connectivity index (χ3v) is 8.14. The molecule has 4 aromatic carbocycles. The fraction of sp³-hybridized carbons (Fsp3) is 0.244. The second-order valence-corrected chi connectivity index (χ2v) is 14.2. The van der Waals surface area contributed by atoms with Crippen molar-refractivity contribution < 1.29 is 43.2 Å². The number of aromatic nitrogens is 2. The number of rotatable bonds is 3. The van der Waals surface area contributed by atoms with Gasteiger partial charge in [-0.1, -0.05) is 52.8 Å². The number of halogens is 3. The van der Waals surface area contributed by atoms with Crippen molar-refractivity contribution >= 4 is 38.2 Å². The van der Waals surface area contributed by atoms with Crippen LogP contribution in [0, 0.1) is 48.2 Å². The van der Waals surface area contributed by atoms with Crippen LogP contribution in [0.1, 0.15) is 52.7 Å². The molecule has 0 aliphatic rings. The number of hydrogen-bond donors (Lipinski definition) is 1. The summed E-state index contributed by atoms with van der Waals surface area (Å²) < 4.78 is 45.3. The predicted molar refractivity (Wildman–Crippen MR) is 190 cm³/mol. The van der Waals surface area contributed by atoms with E-state index in [-0.39, 0.29) is 48.0 Å². The molecule has 2 aromatic heterocycles. The molecule has 0 saturated carbocycles. The minimum atomic E-state index is -0.699. The fourth-order valence-corrected chi connectivity index (χ4v) is 5.40. The summed E-state index contributed by atoms with van der Waals surface area (Å²) in [6.45, 7) is 15.4. The fourth-order valence-electron chi connectivity index (χ4n) is 5.40. The van der Waals surface area contributed by atoms with E-state index in [2.05, 4.69) is 16.0 Å². The molecule has 0 aliphatic carbocycles. The van der Waals surface area contributed by atoms with E-state index in [1.54, 1.807) is 18.3 Å². The van der Waals surface area contributed by atoms with Crippen molar-refractivity contribution in [2.24, 2.45) is 10.8 Å². The van der Waals surface area contributed by atoms with Crippen molar-refractivity contribution in [3.05, 3.63) is 120 Å². The average Bonchev–Trinajstić information content (AvgIpc) is 2.99. The average molecular weight is 841 g/mol. The van der Waals surface area contributed by atoms with Crippen LogP contribution in [0.4, 0.5) is 13.2 Å². The van der Waals surface area contributed by atoms with Gasteiger partial charge in [-0.15, -0.1) is 34.9 Å². The largest absolute Gasteiger partial charge is 0.511 e. The molecule has 0 bridgehead atoms. The Kier molecular flexibility index (Phi) is 10.9. The van der Waals surface area contributed by atoms with Crippen LogP contribution in [0.2, 0.25) is 0 Å². The Labute approximate surface area is 298 Å². The first kappa shape index (κ1) is 37.4. The van der Waals surface area contributed by atoms with Crippen LogP contribution < -0.4 is 0 Å². The summed E-state index contributed by atoms with van der Waals surface area (Å²) in [5.41, 5.74) is 3.48. The van der Waals surface area contributed by atoms with Gasteiger partial charge in [0.2, 0.25) is 0 Å². The molecule has 2 N–H and O–H groups in total. The third-order valence-electron chi connectivity index (χ3n) is 8.14. The van der Waals surface area contributed by atoms with E-state index in [4.69, 9.17) is 0 Å². The van der Waals surface area contributed by atoms with Gasteiger partial charge in [0.25, 0.3) is 0 Å². The molecule has 0 aliphatic heterocycles. The second-order valence-electron chi connectivity index (χ2n) is 14.2. The van der Waals surface area contributed by atoms with E-state index in [0.717, 1.165) is 22.1 Å². The van der Waals surface area contributed by atoms with Crippen LogP contribution in [0.15, 0.2) is 84.9 Å². The first-order valence-electron chi connectivity index (χ1n) is 15.7. The summed E-state index contributed by atoms with van der Waals surface area (Å²) in [7, 11) is 0. The van der Waals surface area contributed by atoms with Crippen molar-refractivity contribution in [3.8, 4) is 22.4 Å². The number of nitrogens with zero attached hydrogens (tertiary/aromatic N) is 2. The molecule has 2 heterocycles. The zero-order valence-corrected chi connectivity index (χ0v) is 31.2. The van der Waals surface area contributed by atoms with E-state index in [0.29, 0.717) is 38.3 Å². The molecule has 0 atom stereocenters. The number of hydrogen-bond acceptors (Lipinski definition) is 3. The smallest absolute Gasteiger partial charge is 0.325 e. The Morgan fingerprint density at radius 1 is 0.735 bits per heavy atom. The van der Waals surface area contributed by atoms with Crippen LogP contribution in [0.25, 0.3) is 54.8 Å². The Bertz CT molecular complexity index is 2230.